The molecule has 5 rings (SSSR count). The zero-order chi connectivity index (χ0) is 21.9. The number of pyridine rings is 1. The third-order valence-electron chi connectivity index (χ3n) is 6.06. The molecule has 2 saturated carbocycles. The molecule has 2 aliphatic rings. The van der Waals surface area contributed by atoms with Crippen molar-refractivity contribution >= 4 is 23.0 Å². The van der Waals surface area contributed by atoms with Crippen LogP contribution in [0.4, 0.5) is 18.9 Å². The van der Waals surface area contributed by atoms with Gasteiger partial charge in [-0.1, -0.05) is 6.07 Å². The summed E-state index contributed by atoms with van der Waals surface area (Å²) in [5.41, 5.74) is 2.82. The molecule has 0 bridgehead atoms. The van der Waals surface area contributed by atoms with E-state index in [2.05, 4.69) is 4.90 Å². The Balaban J connectivity index is 1.77. The number of benzene rings is 1. The first-order chi connectivity index (χ1) is 14.8. The molecular formula is C23H24F3N3OS. The molecule has 8 heteroatoms. The van der Waals surface area contributed by atoms with E-state index in [0.717, 1.165) is 53.5 Å². The minimum atomic E-state index is -4.51. The molecule has 0 aliphatic heterocycles. The Morgan fingerprint density at radius 3 is 2.32 bits per heavy atom. The highest BCUT2D eigenvalue weighted by molar-refractivity contribution is 7.98. The van der Waals surface area contributed by atoms with Gasteiger partial charge in [-0.2, -0.15) is 18.3 Å². The molecule has 2 aliphatic carbocycles. The van der Waals surface area contributed by atoms with E-state index < -0.39 is 11.7 Å². The van der Waals surface area contributed by atoms with Gasteiger partial charge in [-0.25, -0.2) is 4.52 Å². The molecule has 0 amide bonds. The first-order valence-corrected chi connectivity index (χ1v) is 11.7. The fourth-order valence-electron chi connectivity index (χ4n) is 4.32. The Labute approximate surface area is 183 Å². The number of methoxy groups -OCH3 is 1. The summed E-state index contributed by atoms with van der Waals surface area (Å²) < 4.78 is 48.6. The van der Waals surface area contributed by atoms with Gasteiger partial charge >= 0.3 is 6.18 Å². The van der Waals surface area contributed by atoms with Gasteiger partial charge in [-0.05, 0) is 68.7 Å². The molecule has 0 N–H and O–H groups in total. The van der Waals surface area contributed by atoms with Crippen LogP contribution in [0.2, 0.25) is 0 Å². The summed E-state index contributed by atoms with van der Waals surface area (Å²) >= 11 is 1.55. The fourth-order valence-corrected chi connectivity index (χ4v) is 4.88. The summed E-state index contributed by atoms with van der Waals surface area (Å²) in [5.74, 6) is 0.180. The molecule has 0 unspecified atom stereocenters. The van der Waals surface area contributed by atoms with Crippen molar-refractivity contribution in [1.82, 2.24) is 9.61 Å². The second kappa shape index (κ2) is 7.36. The second-order valence-corrected chi connectivity index (χ2v) is 9.09. The van der Waals surface area contributed by atoms with Crippen LogP contribution in [-0.4, -0.2) is 35.1 Å². The van der Waals surface area contributed by atoms with Crippen molar-refractivity contribution in [2.24, 2.45) is 0 Å². The molecule has 0 atom stereocenters. The molecule has 1 aromatic carbocycles. The Kier molecular flexibility index (Phi) is 4.88. The third-order valence-corrected chi connectivity index (χ3v) is 6.72. The maximum atomic E-state index is 13.9. The molecule has 0 radical (unpaired) electrons. The van der Waals surface area contributed by atoms with Crippen LogP contribution < -0.4 is 9.64 Å². The maximum Gasteiger partial charge on any atom is 0.417 e. The van der Waals surface area contributed by atoms with Crippen molar-refractivity contribution in [3.05, 3.63) is 41.5 Å². The number of alkyl halides is 3. The van der Waals surface area contributed by atoms with Gasteiger partial charge in [-0.15, -0.1) is 11.8 Å². The van der Waals surface area contributed by atoms with Crippen LogP contribution >= 0.6 is 11.8 Å². The smallest absolute Gasteiger partial charge is 0.417 e. The number of hydrogen-bond acceptors (Lipinski definition) is 4. The van der Waals surface area contributed by atoms with Crippen molar-refractivity contribution in [2.75, 3.05) is 18.3 Å². The lowest BCUT2D eigenvalue weighted by atomic mass is 10.0. The third kappa shape index (κ3) is 3.54. The fraction of sp³-hybridized carbons (Fsp3) is 0.435. The molecule has 2 aromatic heterocycles. The van der Waals surface area contributed by atoms with Crippen LogP contribution in [0.25, 0.3) is 16.8 Å². The molecule has 2 fully saturated rings. The van der Waals surface area contributed by atoms with Gasteiger partial charge in [0, 0.05) is 17.6 Å². The Morgan fingerprint density at radius 1 is 1.10 bits per heavy atom. The van der Waals surface area contributed by atoms with E-state index in [9.17, 15) is 13.2 Å². The van der Waals surface area contributed by atoms with Crippen LogP contribution in [0, 0.1) is 6.92 Å². The molecular weight excluding hydrogens is 423 g/mol. The van der Waals surface area contributed by atoms with E-state index in [1.807, 2.05) is 19.2 Å². The molecule has 31 heavy (non-hydrogen) atoms. The first kappa shape index (κ1) is 20.5. The zero-order valence-electron chi connectivity index (χ0n) is 17.7. The highest BCUT2D eigenvalue weighted by atomic mass is 32.2. The van der Waals surface area contributed by atoms with Crippen molar-refractivity contribution in [3.8, 4) is 17.0 Å². The summed E-state index contributed by atoms with van der Waals surface area (Å²) in [7, 11) is 1.37. The number of ether oxygens (including phenoxy) is 1. The molecule has 2 heterocycles. The quantitative estimate of drug-likeness (QED) is 0.422. The largest absolute Gasteiger partial charge is 0.497 e. The Bertz CT molecular complexity index is 1140. The Morgan fingerprint density at radius 2 is 1.77 bits per heavy atom. The van der Waals surface area contributed by atoms with E-state index in [4.69, 9.17) is 9.84 Å². The normalized spacial score (nSPS) is 16.7. The van der Waals surface area contributed by atoms with E-state index >= 15 is 0 Å². The number of aromatic nitrogens is 2. The van der Waals surface area contributed by atoms with Gasteiger partial charge in [0.1, 0.15) is 10.8 Å². The van der Waals surface area contributed by atoms with Crippen LogP contribution in [0.1, 0.15) is 36.8 Å². The van der Waals surface area contributed by atoms with Crippen LogP contribution in [0.15, 0.2) is 35.4 Å². The maximum absolute atomic E-state index is 13.9. The minimum Gasteiger partial charge on any atom is -0.497 e. The van der Waals surface area contributed by atoms with Gasteiger partial charge < -0.3 is 9.64 Å². The average Bonchev–Trinajstić information content (AvgIpc) is 3.66. The van der Waals surface area contributed by atoms with Crippen LogP contribution in [0.5, 0.6) is 5.75 Å². The molecule has 0 saturated heterocycles. The van der Waals surface area contributed by atoms with E-state index in [-0.39, 0.29) is 11.3 Å². The van der Waals surface area contributed by atoms with Gasteiger partial charge in [-0.3, -0.25) is 0 Å². The summed E-state index contributed by atoms with van der Waals surface area (Å²) in [6.07, 6.45) is 2.13. The Hall–Kier alpha value is -2.35. The summed E-state index contributed by atoms with van der Waals surface area (Å²) in [6.45, 7) is 2.01. The second-order valence-electron chi connectivity index (χ2n) is 8.30. The minimum absolute atomic E-state index is 0.101. The SMILES string of the molecule is COc1ccc(-c2ccc(C)c3c(N(C4CC4)C4CC4)c(SC)nn23)c(C(F)(F)F)c1. The lowest BCUT2D eigenvalue weighted by molar-refractivity contribution is -0.137. The van der Waals surface area contributed by atoms with Gasteiger partial charge in [0.2, 0.25) is 0 Å². The van der Waals surface area contributed by atoms with Crippen molar-refractivity contribution in [1.29, 1.82) is 0 Å². The molecule has 164 valence electrons. The standard InChI is InChI=1S/C23H24F3N3OS/c1-13-4-11-19(17-10-9-16(30-2)12-18(17)23(24,25)26)29-20(13)21(22(27-29)31-3)28(14-5-6-14)15-7-8-15/h4,9-12,14-15H,5-8H2,1-3H3. The van der Waals surface area contributed by atoms with Crippen LogP contribution in [0.3, 0.4) is 0 Å². The van der Waals surface area contributed by atoms with Crippen molar-refractivity contribution in [2.45, 2.75) is 55.9 Å². The summed E-state index contributed by atoms with van der Waals surface area (Å²) in [4.78, 5) is 2.49. The van der Waals surface area contributed by atoms with Crippen LogP contribution in [-0.2, 0) is 6.18 Å². The zero-order valence-corrected chi connectivity index (χ0v) is 18.5. The van der Waals surface area contributed by atoms with E-state index in [1.54, 1.807) is 28.4 Å². The number of anilines is 1. The summed E-state index contributed by atoms with van der Waals surface area (Å²) in [6, 6.07) is 8.77. The number of fused-ring (bicyclic) bond motifs is 1. The highest BCUT2D eigenvalue weighted by Gasteiger charge is 2.42. The monoisotopic (exact) mass is 447 g/mol. The predicted molar refractivity (Wildman–Crippen MR) is 117 cm³/mol. The van der Waals surface area contributed by atoms with Gasteiger partial charge in [0.05, 0.1) is 29.6 Å². The molecule has 3 aromatic rings. The summed E-state index contributed by atoms with van der Waals surface area (Å²) in [5, 5.41) is 5.69. The molecule has 0 spiro atoms. The van der Waals surface area contributed by atoms with Gasteiger partial charge in [0.25, 0.3) is 0 Å². The average molecular weight is 448 g/mol. The lowest BCUT2D eigenvalue weighted by Gasteiger charge is -2.25. The number of rotatable bonds is 6. The topological polar surface area (TPSA) is 29.8 Å². The van der Waals surface area contributed by atoms with Crippen molar-refractivity contribution < 1.29 is 17.9 Å². The van der Waals surface area contributed by atoms with Crippen molar-refractivity contribution in [3.63, 3.8) is 0 Å². The number of halogens is 3. The number of thioether (sulfide) groups is 1. The predicted octanol–water partition coefficient (Wildman–Crippen LogP) is 6.19. The van der Waals surface area contributed by atoms with E-state index in [1.165, 1.54) is 13.2 Å². The first-order valence-electron chi connectivity index (χ1n) is 10.4. The molecule has 4 nitrogen and oxygen atoms in total. The lowest BCUT2D eigenvalue weighted by Crippen LogP contribution is -2.28. The van der Waals surface area contributed by atoms with Gasteiger partial charge in [0.15, 0.2) is 0 Å². The number of aryl methyl sites for hydroxylation is 1. The highest BCUT2D eigenvalue weighted by Crippen LogP contribution is 2.47. The number of nitrogens with zero attached hydrogens (tertiary/aromatic N) is 3. The van der Waals surface area contributed by atoms with E-state index in [0.29, 0.717) is 17.8 Å². The number of hydrogen-bond donors (Lipinski definition) is 0.